The van der Waals surface area contributed by atoms with E-state index >= 15 is 0 Å². The molecular weight excluding hydrogens is 242 g/mol. The number of hydrogen-bond acceptors (Lipinski definition) is 3. The summed E-state index contributed by atoms with van der Waals surface area (Å²) in [6, 6.07) is 9.40. The number of nitrogens with one attached hydrogen (secondary N) is 1. The van der Waals surface area contributed by atoms with Gasteiger partial charge < -0.3 is 10.1 Å². The largest absolute Gasteiger partial charge is 0.467 e. The minimum atomic E-state index is -0.616. The van der Waals surface area contributed by atoms with Crippen molar-refractivity contribution in [2.45, 2.75) is 25.8 Å². The molecule has 0 aromatic heterocycles. The minimum absolute atomic E-state index is 0.244. The SMILES string of the molecule is COC(=O)[C@H](C/C=C/Cc1ccccc1)NC(C)=O. The van der Waals surface area contributed by atoms with Crippen molar-refractivity contribution in [1.82, 2.24) is 5.32 Å². The van der Waals surface area contributed by atoms with E-state index in [0.717, 1.165) is 6.42 Å². The van der Waals surface area contributed by atoms with Gasteiger partial charge in [-0.15, -0.1) is 0 Å². The van der Waals surface area contributed by atoms with E-state index in [2.05, 4.69) is 10.1 Å². The third kappa shape index (κ3) is 5.86. The van der Waals surface area contributed by atoms with Crippen LogP contribution in [0.15, 0.2) is 42.5 Å². The van der Waals surface area contributed by atoms with Gasteiger partial charge in [0.25, 0.3) is 0 Å². The van der Waals surface area contributed by atoms with Crippen LogP contribution in [0.4, 0.5) is 0 Å². The van der Waals surface area contributed by atoms with Crippen LogP contribution in [0, 0.1) is 0 Å². The second kappa shape index (κ2) is 8.08. The first-order valence-electron chi connectivity index (χ1n) is 6.17. The molecule has 1 atom stereocenters. The molecule has 0 unspecified atom stereocenters. The molecule has 0 radical (unpaired) electrons. The fourth-order valence-corrected chi connectivity index (χ4v) is 1.67. The van der Waals surface area contributed by atoms with Gasteiger partial charge in [-0.25, -0.2) is 4.79 Å². The van der Waals surface area contributed by atoms with Crippen LogP contribution in [0.2, 0.25) is 0 Å². The van der Waals surface area contributed by atoms with E-state index in [9.17, 15) is 9.59 Å². The maximum Gasteiger partial charge on any atom is 0.328 e. The van der Waals surface area contributed by atoms with E-state index in [0.29, 0.717) is 6.42 Å². The molecule has 0 aliphatic rings. The third-order valence-electron chi connectivity index (χ3n) is 2.60. The number of hydrogen-bond donors (Lipinski definition) is 1. The van der Waals surface area contributed by atoms with E-state index < -0.39 is 12.0 Å². The summed E-state index contributed by atoms with van der Waals surface area (Å²) in [5.41, 5.74) is 1.20. The van der Waals surface area contributed by atoms with Crippen LogP contribution in [0.25, 0.3) is 0 Å². The fraction of sp³-hybridized carbons (Fsp3) is 0.333. The van der Waals surface area contributed by atoms with Gasteiger partial charge in [0.15, 0.2) is 0 Å². The Morgan fingerprint density at radius 2 is 1.95 bits per heavy atom. The Hall–Kier alpha value is -2.10. The molecule has 0 bridgehead atoms. The Morgan fingerprint density at radius 1 is 1.26 bits per heavy atom. The maximum atomic E-state index is 11.4. The molecule has 4 nitrogen and oxygen atoms in total. The first kappa shape index (κ1) is 15.0. The molecule has 0 aliphatic carbocycles. The summed E-state index contributed by atoms with van der Waals surface area (Å²) in [4.78, 5) is 22.4. The van der Waals surface area contributed by atoms with Gasteiger partial charge in [0.05, 0.1) is 7.11 Å². The van der Waals surface area contributed by atoms with E-state index in [4.69, 9.17) is 0 Å². The molecule has 0 saturated carbocycles. The predicted octanol–water partition coefficient (Wildman–Crippen LogP) is 1.85. The lowest BCUT2D eigenvalue weighted by molar-refractivity contribution is -0.144. The lowest BCUT2D eigenvalue weighted by Gasteiger charge is -2.13. The molecule has 19 heavy (non-hydrogen) atoms. The highest BCUT2D eigenvalue weighted by Crippen LogP contribution is 2.02. The number of ether oxygens (including phenoxy) is 1. The molecule has 1 rings (SSSR count). The normalized spacial score (nSPS) is 12.1. The number of methoxy groups -OCH3 is 1. The lowest BCUT2D eigenvalue weighted by atomic mass is 10.1. The zero-order chi connectivity index (χ0) is 14.1. The van der Waals surface area contributed by atoms with Crippen molar-refractivity contribution in [3.05, 3.63) is 48.0 Å². The van der Waals surface area contributed by atoms with Crippen LogP contribution >= 0.6 is 0 Å². The fourth-order valence-electron chi connectivity index (χ4n) is 1.67. The molecule has 1 aromatic carbocycles. The van der Waals surface area contributed by atoms with Gasteiger partial charge in [-0.2, -0.15) is 0 Å². The predicted molar refractivity (Wildman–Crippen MR) is 73.5 cm³/mol. The maximum absolute atomic E-state index is 11.4. The van der Waals surface area contributed by atoms with Gasteiger partial charge in [-0.05, 0) is 18.4 Å². The number of benzene rings is 1. The highest BCUT2D eigenvalue weighted by molar-refractivity contribution is 5.83. The number of carbonyl (C=O) groups excluding carboxylic acids is 2. The van der Waals surface area contributed by atoms with Gasteiger partial charge in [0, 0.05) is 6.92 Å². The van der Waals surface area contributed by atoms with Gasteiger partial charge in [-0.1, -0.05) is 42.5 Å². The topological polar surface area (TPSA) is 55.4 Å². The Kier molecular flexibility index (Phi) is 6.36. The Labute approximate surface area is 113 Å². The summed E-state index contributed by atoms with van der Waals surface area (Å²) in [5, 5.41) is 2.56. The summed E-state index contributed by atoms with van der Waals surface area (Å²) in [5.74, 6) is -0.675. The van der Waals surface area contributed by atoms with Crippen LogP contribution < -0.4 is 5.32 Å². The number of amides is 1. The molecule has 1 N–H and O–H groups in total. The zero-order valence-corrected chi connectivity index (χ0v) is 11.3. The molecule has 0 fully saturated rings. The molecule has 0 heterocycles. The lowest BCUT2D eigenvalue weighted by Crippen LogP contribution is -2.39. The van der Waals surface area contributed by atoms with Gasteiger partial charge in [0.2, 0.25) is 5.91 Å². The number of esters is 1. The molecule has 0 aliphatic heterocycles. The second-order valence-corrected chi connectivity index (χ2v) is 4.17. The molecule has 0 spiro atoms. The summed E-state index contributed by atoms with van der Waals surface area (Å²) in [6.45, 7) is 1.38. The Morgan fingerprint density at radius 3 is 2.53 bits per heavy atom. The molecule has 0 saturated heterocycles. The van der Waals surface area contributed by atoms with Crippen molar-refractivity contribution in [3.63, 3.8) is 0 Å². The Bertz CT molecular complexity index is 440. The summed E-state index contributed by atoms with van der Waals surface area (Å²) < 4.78 is 4.64. The summed E-state index contributed by atoms with van der Waals surface area (Å²) >= 11 is 0. The average molecular weight is 261 g/mol. The Balaban J connectivity index is 2.47. The van der Waals surface area contributed by atoms with Crippen molar-refractivity contribution in [2.75, 3.05) is 7.11 Å². The van der Waals surface area contributed by atoms with Crippen LogP contribution in [0.1, 0.15) is 18.9 Å². The smallest absolute Gasteiger partial charge is 0.328 e. The number of carbonyl (C=O) groups is 2. The molecule has 102 valence electrons. The molecular formula is C15H19NO3. The van der Waals surface area contributed by atoms with Crippen LogP contribution in [-0.4, -0.2) is 25.0 Å². The quantitative estimate of drug-likeness (QED) is 0.628. The van der Waals surface area contributed by atoms with Crippen molar-refractivity contribution in [2.24, 2.45) is 0 Å². The van der Waals surface area contributed by atoms with Crippen molar-refractivity contribution >= 4 is 11.9 Å². The van der Waals surface area contributed by atoms with Crippen molar-refractivity contribution in [3.8, 4) is 0 Å². The summed E-state index contributed by atoms with van der Waals surface area (Å²) in [6.07, 6.45) is 5.09. The molecule has 1 amide bonds. The minimum Gasteiger partial charge on any atom is -0.467 e. The zero-order valence-electron chi connectivity index (χ0n) is 11.3. The van der Waals surface area contributed by atoms with Gasteiger partial charge >= 0.3 is 5.97 Å². The number of allylic oxidation sites excluding steroid dienone is 1. The van der Waals surface area contributed by atoms with Crippen molar-refractivity contribution in [1.29, 1.82) is 0 Å². The number of rotatable bonds is 6. The van der Waals surface area contributed by atoms with Crippen LogP contribution in [0.5, 0.6) is 0 Å². The van der Waals surface area contributed by atoms with E-state index in [1.807, 2.05) is 42.5 Å². The monoisotopic (exact) mass is 261 g/mol. The highest BCUT2D eigenvalue weighted by Gasteiger charge is 2.17. The third-order valence-corrected chi connectivity index (χ3v) is 2.60. The highest BCUT2D eigenvalue weighted by atomic mass is 16.5. The van der Waals surface area contributed by atoms with Gasteiger partial charge in [0.1, 0.15) is 6.04 Å². The average Bonchev–Trinajstić information content (AvgIpc) is 2.42. The van der Waals surface area contributed by atoms with Crippen LogP contribution in [-0.2, 0) is 20.7 Å². The van der Waals surface area contributed by atoms with Crippen LogP contribution in [0.3, 0.4) is 0 Å². The van der Waals surface area contributed by atoms with Gasteiger partial charge in [-0.3, -0.25) is 4.79 Å². The molecule has 4 heteroatoms. The standard InChI is InChI=1S/C15H19NO3/c1-12(17)16-14(15(18)19-2)11-7-6-10-13-8-4-3-5-9-13/h3-9,14H,10-11H2,1-2H3,(H,16,17)/b7-6+/t14-/m0/s1. The van der Waals surface area contributed by atoms with E-state index in [-0.39, 0.29) is 5.91 Å². The van der Waals surface area contributed by atoms with E-state index in [1.165, 1.54) is 19.6 Å². The molecule has 1 aromatic rings. The summed E-state index contributed by atoms with van der Waals surface area (Å²) in [7, 11) is 1.31. The first-order chi connectivity index (χ1) is 9.13. The second-order valence-electron chi connectivity index (χ2n) is 4.17. The van der Waals surface area contributed by atoms with Crippen molar-refractivity contribution < 1.29 is 14.3 Å². The first-order valence-corrected chi connectivity index (χ1v) is 6.17. The van der Waals surface area contributed by atoms with E-state index in [1.54, 1.807) is 0 Å².